The van der Waals surface area contributed by atoms with Crippen molar-refractivity contribution in [3.63, 3.8) is 0 Å². The summed E-state index contributed by atoms with van der Waals surface area (Å²) in [5.41, 5.74) is 0. The van der Waals surface area contributed by atoms with E-state index in [1.807, 2.05) is 0 Å². The van der Waals surface area contributed by atoms with Gasteiger partial charge in [0, 0.05) is 32.2 Å². The number of piperidine rings is 1. The zero-order valence-corrected chi connectivity index (χ0v) is 12.9. The van der Waals surface area contributed by atoms with Crippen molar-refractivity contribution in [2.24, 2.45) is 5.92 Å². The lowest BCUT2D eigenvalue weighted by Crippen LogP contribution is -2.49. The van der Waals surface area contributed by atoms with Crippen LogP contribution in [0.3, 0.4) is 0 Å². The Hall–Kier alpha value is -0.160. The van der Waals surface area contributed by atoms with Crippen molar-refractivity contribution in [1.82, 2.24) is 15.1 Å². The van der Waals surface area contributed by atoms with Gasteiger partial charge in [-0.05, 0) is 38.9 Å². The van der Waals surface area contributed by atoms with Crippen molar-refractivity contribution in [3.05, 3.63) is 0 Å². The molecule has 2 aliphatic rings. The van der Waals surface area contributed by atoms with Crippen LogP contribution in [-0.4, -0.2) is 74.9 Å². The summed E-state index contributed by atoms with van der Waals surface area (Å²) in [4.78, 5) is 5.14. The smallest absolute Gasteiger partial charge is 0.0826 e. The molecule has 0 aromatic heterocycles. The molecular weight excluding hydrogens is 238 g/mol. The van der Waals surface area contributed by atoms with Crippen LogP contribution in [0.1, 0.15) is 26.7 Å². The van der Waals surface area contributed by atoms with E-state index in [1.165, 1.54) is 32.5 Å². The van der Waals surface area contributed by atoms with E-state index in [9.17, 15) is 0 Å². The molecule has 0 saturated carbocycles. The molecule has 2 rings (SSSR count). The van der Waals surface area contributed by atoms with Crippen molar-refractivity contribution in [1.29, 1.82) is 0 Å². The summed E-state index contributed by atoms with van der Waals surface area (Å²) in [6, 6.07) is 0.744. The third-order valence-corrected chi connectivity index (χ3v) is 4.30. The highest BCUT2D eigenvalue weighted by atomic mass is 16.5. The number of nitrogens with one attached hydrogen (secondary N) is 1. The average Bonchev–Trinajstić information content (AvgIpc) is 2.40. The van der Waals surface area contributed by atoms with Crippen LogP contribution in [0.5, 0.6) is 0 Å². The van der Waals surface area contributed by atoms with Crippen LogP contribution in [-0.2, 0) is 4.74 Å². The molecule has 2 saturated heterocycles. The molecule has 0 aromatic carbocycles. The third-order valence-electron chi connectivity index (χ3n) is 4.30. The normalized spacial score (nSPS) is 27.3. The molecule has 0 radical (unpaired) electrons. The number of hydrogen-bond acceptors (Lipinski definition) is 4. The Kier molecular flexibility index (Phi) is 6.07. The topological polar surface area (TPSA) is 27.7 Å². The molecule has 4 nitrogen and oxygen atoms in total. The Bertz CT molecular complexity index is 246. The van der Waals surface area contributed by atoms with Crippen molar-refractivity contribution >= 4 is 0 Å². The maximum Gasteiger partial charge on any atom is 0.0826 e. The second-order valence-corrected chi connectivity index (χ2v) is 6.56. The SMILES string of the molecule is CC(C)CN1CCC(N(C)CC2CNCCO2)CC1. The van der Waals surface area contributed by atoms with Gasteiger partial charge in [-0.15, -0.1) is 0 Å². The fraction of sp³-hybridized carbons (Fsp3) is 1.00. The maximum atomic E-state index is 5.80. The quantitative estimate of drug-likeness (QED) is 0.807. The first-order valence-corrected chi connectivity index (χ1v) is 7.90. The number of nitrogens with zero attached hydrogens (tertiary/aromatic N) is 2. The Morgan fingerprint density at radius 1 is 1.32 bits per heavy atom. The number of ether oxygens (including phenoxy) is 1. The molecular formula is C15H31N3O. The van der Waals surface area contributed by atoms with Gasteiger partial charge in [-0.25, -0.2) is 0 Å². The van der Waals surface area contributed by atoms with E-state index >= 15 is 0 Å². The predicted octanol–water partition coefficient (Wildman–Crippen LogP) is 1.03. The molecule has 0 aromatic rings. The van der Waals surface area contributed by atoms with Gasteiger partial charge in [0.1, 0.15) is 0 Å². The number of likely N-dealkylation sites (tertiary alicyclic amines) is 1. The van der Waals surface area contributed by atoms with Gasteiger partial charge >= 0.3 is 0 Å². The minimum absolute atomic E-state index is 0.382. The lowest BCUT2D eigenvalue weighted by atomic mass is 10.0. The molecule has 2 aliphatic heterocycles. The van der Waals surface area contributed by atoms with Crippen LogP contribution in [0.4, 0.5) is 0 Å². The molecule has 2 heterocycles. The van der Waals surface area contributed by atoms with Gasteiger partial charge in [0.25, 0.3) is 0 Å². The van der Waals surface area contributed by atoms with Gasteiger partial charge in [-0.3, -0.25) is 0 Å². The number of rotatable bonds is 5. The monoisotopic (exact) mass is 269 g/mol. The van der Waals surface area contributed by atoms with Crippen molar-refractivity contribution < 1.29 is 4.74 Å². The van der Waals surface area contributed by atoms with Gasteiger partial charge in [0.15, 0.2) is 0 Å². The van der Waals surface area contributed by atoms with Crippen LogP contribution < -0.4 is 5.32 Å². The summed E-state index contributed by atoms with van der Waals surface area (Å²) in [6.07, 6.45) is 3.00. The van der Waals surface area contributed by atoms with E-state index in [0.29, 0.717) is 6.10 Å². The second-order valence-electron chi connectivity index (χ2n) is 6.56. The summed E-state index contributed by atoms with van der Waals surface area (Å²) in [6.45, 7) is 12.4. The summed E-state index contributed by atoms with van der Waals surface area (Å²) >= 11 is 0. The van der Waals surface area contributed by atoms with E-state index in [-0.39, 0.29) is 0 Å². The average molecular weight is 269 g/mol. The first-order chi connectivity index (χ1) is 9.15. The second kappa shape index (κ2) is 7.58. The summed E-state index contributed by atoms with van der Waals surface area (Å²) in [5.74, 6) is 0.788. The summed E-state index contributed by atoms with van der Waals surface area (Å²) in [5, 5.41) is 3.41. The molecule has 2 fully saturated rings. The van der Waals surface area contributed by atoms with Crippen LogP contribution >= 0.6 is 0 Å². The van der Waals surface area contributed by atoms with Crippen LogP contribution in [0.2, 0.25) is 0 Å². The van der Waals surface area contributed by atoms with Crippen molar-refractivity contribution in [2.45, 2.75) is 38.8 Å². The van der Waals surface area contributed by atoms with E-state index < -0.39 is 0 Å². The molecule has 0 spiro atoms. The predicted molar refractivity (Wildman–Crippen MR) is 79.5 cm³/mol. The minimum atomic E-state index is 0.382. The first-order valence-electron chi connectivity index (χ1n) is 7.90. The van der Waals surface area contributed by atoms with Crippen LogP contribution in [0.25, 0.3) is 0 Å². The number of hydrogen-bond donors (Lipinski definition) is 1. The Labute approximate surface area is 118 Å². The highest BCUT2D eigenvalue weighted by Crippen LogP contribution is 2.17. The van der Waals surface area contributed by atoms with Crippen molar-refractivity contribution in [2.75, 3.05) is 52.9 Å². The Balaban J connectivity index is 1.68. The standard InChI is InChI=1S/C15H31N3O/c1-13(2)11-18-7-4-14(5-8-18)17(3)12-15-10-16-6-9-19-15/h13-16H,4-12H2,1-3H3. The molecule has 0 bridgehead atoms. The van der Waals surface area contributed by atoms with Gasteiger partial charge in [-0.1, -0.05) is 13.8 Å². The molecule has 4 heteroatoms. The largest absolute Gasteiger partial charge is 0.374 e. The third kappa shape index (κ3) is 5.03. The minimum Gasteiger partial charge on any atom is -0.374 e. The lowest BCUT2D eigenvalue weighted by Gasteiger charge is -2.39. The van der Waals surface area contributed by atoms with Gasteiger partial charge in [0.2, 0.25) is 0 Å². The van der Waals surface area contributed by atoms with E-state index in [4.69, 9.17) is 4.74 Å². The van der Waals surface area contributed by atoms with E-state index in [0.717, 1.165) is 38.2 Å². The molecule has 1 N–H and O–H groups in total. The molecule has 19 heavy (non-hydrogen) atoms. The van der Waals surface area contributed by atoms with E-state index in [1.54, 1.807) is 0 Å². The molecule has 0 amide bonds. The molecule has 1 atom stereocenters. The molecule has 112 valence electrons. The van der Waals surface area contributed by atoms with Gasteiger partial charge < -0.3 is 19.9 Å². The van der Waals surface area contributed by atoms with Crippen molar-refractivity contribution in [3.8, 4) is 0 Å². The first kappa shape index (κ1) is 15.2. The van der Waals surface area contributed by atoms with Gasteiger partial charge in [0.05, 0.1) is 12.7 Å². The molecule has 0 aliphatic carbocycles. The fourth-order valence-corrected chi connectivity index (χ4v) is 3.27. The lowest BCUT2D eigenvalue weighted by molar-refractivity contribution is -0.00363. The highest BCUT2D eigenvalue weighted by molar-refractivity contribution is 4.81. The number of morpholine rings is 1. The highest BCUT2D eigenvalue weighted by Gasteiger charge is 2.25. The maximum absolute atomic E-state index is 5.80. The molecule has 1 unspecified atom stereocenters. The summed E-state index contributed by atoms with van der Waals surface area (Å²) in [7, 11) is 2.26. The van der Waals surface area contributed by atoms with E-state index in [2.05, 4.69) is 36.0 Å². The Morgan fingerprint density at radius 3 is 2.63 bits per heavy atom. The van der Waals surface area contributed by atoms with Crippen LogP contribution in [0.15, 0.2) is 0 Å². The zero-order chi connectivity index (χ0) is 13.7. The number of likely N-dealkylation sites (N-methyl/N-ethyl adjacent to an activating group) is 1. The fourth-order valence-electron chi connectivity index (χ4n) is 3.27. The van der Waals surface area contributed by atoms with Crippen LogP contribution in [0, 0.1) is 5.92 Å². The summed E-state index contributed by atoms with van der Waals surface area (Å²) < 4.78 is 5.80. The zero-order valence-electron chi connectivity index (χ0n) is 12.9. The Morgan fingerprint density at radius 2 is 2.05 bits per heavy atom. The van der Waals surface area contributed by atoms with Gasteiger partial charge in [-0.2, -0.15) is 0 Å².